The van der Waals surface area contributed by atoms with E-state index in [9.17, 15) is 4.79 Å². The Balaban J connectivity index is 2.17. The highest BCUT2D eigenvalue weighted by molar-refractivity contribution is 9.10. The Labute approximate surface area is 110 Å². The summed E-state index contributed by atoms with van der Waals surface area (Å²) in [5.41, 5.74) is 0.411. The average molecular weight is 317 g/mol. The summed E-state index contributed by atoms with van der Waals surface area (Å²) in [6.45, 7) is 1.64. The SMILES string of the molecule is Cc1nnc(NC(=O)c2ccc(Br)c(Cl)c2)o1. The lowest BCUT2D eigenvalue weighted by atomic mass is 10.2. The predicted octanol–water partition coefficient (Wildman–Crippen LogP) is 3.05. The highest BCUT2D eigenvalue weighted by Gasteiger charge is 2.11. The Morgan fingerprint density at radius 3 is 2.82 bits per heavy atom. The van der Waals surface area contributed by atoms with Crippen LogP contribution < -0.4 is 5.32 Å². The van der Waals surface area contributed by atoms with Gasteiger partial charge in [0.05, 0.1) is 5.02 Å². The number of amides is 1. The molecule has 2 aromatic rings. The largest absolute Gasteiger partial charge is 0.408 e. The zero-order valence-electron chi connectivity index (χ0n) is 8.70. The highest BCUT2D eigenvalue weighted by atomic mass is 79.9. The quantitative estimate of drug-likeness (QED) is 0.924. The Kier molecular flexibility index (Phi) is 3.44. The van der Waals surface area contributed by atoms with E-state index in [1.165, 1.54) is 0 Å². The van der Waals surface area contributed by atoms with Crippen LogP contribution in [0.1, 0.15) is 16.2 Å². The van der Waals surface area contributed by atoms with E-state index in [1.54, 1.807) is 25.1 Å². The maximum absolute atomic E-state index is 11.8. The molecule has 0 saturated carbocycles. The molecule has 17 heavy (non-hydrogen) atoms. The summed E-state index contributed by atoms with van der Waals surface area (Å²) < 4.78 is 5.76. The molecule has 1 aromatic carbocycles. The minimum Gasteiger partial charge on any atom is -0.408 e. The van der Waals surface area contributed by atoms with Crippen LogP contribution in [0.15, 0.2) is 27.1 Å². The van der Waals surface area contributed by atoms with Gasteiger partial charge in [-0.15, -0.1) is 5.10 Å². The van der Waals surface area contributed by atoms with Gasteiger partial charge in [0.2, 0.25) is 5.89 Å². The summed E-state index contributed by atoms with van der Waals surface area (Å²) in [5.74, 6) is 0.0252. The molecule has 1 amide bonds. The van der Waals surface area contributed by atoms with Gasteiger partial charge >= 0.3 is 6.01 Å². The molecule has 0 aliphatic heterocycles. The number of carbonyl (C=O) groups excluding carboxylic acids is 1. The minimum absolute atomic E-state index is 0.0616. The monoisotopic (exact) mass is 315 g/mol. The van der Waals surface area contributed by atoms with Crippen molar-refractivity contribution < 1.29 is 9.21 Å². The van der Waals surface area contributed by atoms with Crippen molar-refractivity contribution in [1.29, 1.82) is 0 Å². The summed E-state index contributed by atoms with van der Waals surface area (Å²) >= 11 is 9.13. The molecule has 2 rings (SSSR count). The van der Waals surface area contributed by atoms with Crippen LogP contribution in [0.4, 0.5) is 6.01 Å². The van der Waals surface area contributed by atoms with E-state index in [2.05, 4.69) is 31.4 Å². The predicted molar refractivity (Wildman–Crippen MR) is 66.1 cm³/mol. The number of nitrogens with one attached hydrogen (secondary N) is 1. The van der Waals surface area contributed by atoms with E-state index < -0.39 is 0 Å². The molecule has 88 valence electrons. The molecular formula is C10H7BrClN3O2. The summed E-state index contributed by atoms with van der Waals surface area (Å²) in [6.07, 6.45) is 0. The van der Waals surface area contributed by atoms with Crippen LogP contribution >= 0.6 is 27.5 Å². The van der Waals surface area contributed by atoms with Crippen LogP contribution in [-0.2, 0) is 0 Å². The summed E-state index contributed by atoms with van der Waals surface area (Å²) in [6, 6.07) is 4.93. The fourth-order valence-corrected chi connectivity index (χ4v) is 1.58. The molecule has 0 saturated heterocycles. The Morgan fingerprint density at radius 2 is 2.24 bits per heavy atom. The Hall–Kier alpha value is -1.40. The molecule has 0 unspecified atom stereocenters. The molecule has 0 bridgehead atoms. The van der Waals surface area contributed by atoms with Crippen molar-refractivity contribution in [2.24, 2.45) is 0 Å². The molecule has 1 heterocycles. The van der Waals surface area contributed by atoms with Gasteiger partial charge in [-0.3, -0.25) is 10.1 Å². The second-order valence-electron chi connectivity index (χ2n) is 3.21. The van der Waals surface area contributed by atoms with Crippen molar-refractivity contribution in [3.8, 4) is 0 Å². The number of carbonyl (C=O) groups is 1. The van der Waals surface area contributed by atoms with Gasteiger partial charge in [-0.25, -0.2) is 0 Å². The number of hydrogen-bond donors (Lipinski definition) is 1. The Morgan fingerprint density at radius 1 is 1.47 bits per heavy atom. The third kappa shape index (κ3) is 2.83. The van der Waals surface area contributed by atoms with E-state index in [0.717, 1.165) is 4.47 Å². The number of rotatable bonds is 2. The van der Waals surface area contributed by atoms with Gasteiger partial charge in [0, 0.05) is 17.0 Å². The van der Waals surface area contributed by atoms with Gasteiger partial charge in [0.1, 0.15) is 0 Å². The van der Waals surface area contributed by atoms with E-state index in [-0.39, 0.29) is 11.9 Å². The first-order valence-corrected chi connectivity index (χ1v) is 5.80. The second-order valence-corrected chi connectivity index (χ2v) is 4.47. The number of nitrogens with zero attached hydrogens (tertiary/aromatic N) is 2. The molecular weight excluding hydrogens is 309 g/mol. The number of benzene rings is 1. The molecule has 1 aromatic heterocycles. The summed E-state index contributed by atoms with van der Waals surface area (Å²) in [7, 11) is 0. The van der Waals surface area contributed by atoms with Crippen molar-refractivity contribution in [2.75, 3.05) is 5.32 Å². The van der Waals surface area contributed by atoms with E-state index in [1.807, 2.05) is 0 Å². The number of aryl methyl sites for hydroxylation is 1. The fourth-order valence-electron chi connectivity index (χ4n) is 1.15. The van der Waals surface area contributed by atoms with Crippen molar-refractivity contribution >= 4 is 39.5 Å². The third-order valence-corrected chi connectivity index (χ3v) is 3.16. The van der Waals surface area contributed by atoms with Crippen LogP contribution in [0.2, 0.25) is 5.02 Å². The highest BCUT2D eigenvalue weighted by Crippen LogP contribution is 2.23. The van der Waals surface area contributed by atoms with Gasteiger partial charge in [-0.2, -0.15) is 0 Å². The first-order valence-electron chi connectivity index (χ1n) is 4.63. The van der Waals surface area contributed by atoms with Gasteiger partial charge in [-0.1, -0.05) is 16.7 Å². The first kappa shape index (κ1) is 12.1. The standard InChI is InChI=1S/C10H7BrClN3O2/c1-5-14-15-10(17-5)13-9(16)6-2-3-7(11)8(12)4-6/h2-4H,1H3,(H,13,15,16). The number of hydrogen-bond acceptors (Lipinski definition) is 4. The molecule has 0 aliphatic rings. The molecule has 0 fully saturated rings. The molecule has 0 spiro atoms. The summed E-state index contributed by atoms with van der Waals surface area (Å²) in [5, 5.41) is 10.2. The van der Waals surface area contributed by atoms with Gasteiger partial charge < -0.3 is 4.42 Å². The van der Waals surface area contributed by atoms with E-state index in [0.29, 0.717) is 16.5 Å². The van der Waals surface area contributed by atoms with Gasteiger partial charge in [-0.05, 0) is 34.1 Å². The van der Waals surface area contributed by atoms with E-state index in [4.69, 9.17) is 16.0 Å². The molecule has 5 nitrogen and oxygen atoms in total. The average Bonchev–Trinajstić information content (AvgIpc) is 2.68. The number of halogens is 2. The van der Waals surface area contributed by atoms with Crippen molar-refractivity contribution in [2.45, 2.75) is 6.92 Å². The normalized spacial score (nSPS) is 10.3. The van der Waals surface area contributed by atoms with Crippen molar-refractivity contribution in [3.63, 3.8) is 0 Å². The van der Waals surface area contributed by atoms with Crippen molar-refractivity contribution in [3.05, 3.63) is 39.1 Å². The minimum atomic E-state index is -0.358. The second kappa shape index (κ2) is 4.85. The number of aromatic nitrogens is 2. The lowest BCUT2D eigenvalue weighted by Crippen LogP contribution is -2.12. The zero-order chi connectivity index (χ0) is 12.4. The van der Waals surface area contributed by atoms with Gasteiger partial charge in [0.15, 0.2) is 0 Å². The molecule has 0 radical (unpaired) electrons. The summed E-state index contributed by atoms with van der Waals surface area (Å²) in [4.78, 5) is 11.8. The number of anilines is 1. The van der Waals surface area contributed by atoms with Crippen LogP contribution in [0.5, 0.6) is 0 Å². The fraction of sp³-hybridized carbons (Fsp3) is 0.100. The van der Waals surface area contributed by atoms with Crippen LogP contribution in [0, 0.1) is 6.92 Å². The maximum Gasteiger partial charge on any atom is 0.322 e. The smallest absolute Gasteiger partial charge is 0.322 e. The molecule has 7 heteroatoms. The lowest BCUT2D eigenvalue weighted by molar-refractivity contribution is 0.102. The lowest BCUT2D eigenvalue weighted by Gasteiger charge is -2.02. The topological polar surface area (TPSA) is 68.0 Å². The zero-order valence-corrected chi connectivity index (χ0v) is 11.0. The van der Waals surface area contributed by atoms with Crippen LogP contribution in [0.25, 0.3) is 0 Å². The molecule has 0 atom stereocenters. The third-order valence-electron chi connectivity index (χ3n) is 1.93. The van der Waals surface area contributed by atoms with Crippen molar-refractivity contribution in [1.82, 2.24) is 10.2 Å². The van der Waals surface area contributed by atoms with Crippen LogP contribution in [-0.4, -0.2) is 16.1 Å². The Bertz CT molecular complexity index is 570. The first-order chi connectivity index (χ1) is 8.06. The van der Waals surface area contributed by atoms with Gasteiger partial charge in [0.25, 0.3) is 5.91 Å². The van der Waals surface area contributed by atoms with E-state index >= 15 is 0 Å². The molecule has 1 N–H and O–H groups in total. The maximum atomic E-state index is 11.8. The molecule has 0 aliphatic carbocycles. The van der Waals surface area contributed by atoms with Crippen LogP contribution in [0.3, 0.4) is 0 Å².